The summed E-state index contributed by atoms with van der Waals surface area (Å²) in [5, 5.41) is 9.47. The molecule has 33 heavy (non-hydrogen) atoms. The van der Waals surface area contributed by atoms with Gasteiger partial charge in [0.25, 0.3) is 11.8 Å². The summed E-state index contributed by atoms with van der Waals surface area (Å²) >= 11 is 0. The molecule has 0 saturated heterocycles. The van der Waals surface area contributed by atoms with Gasteiger partial charge in [0.1, 0.15) is 12.6 Å². The lowest BCUT2D eigenvalue weighted by Crippen LogP contribution is -2.44. The van der Waals surface area contributed by atoms with Gasteiger partial charge in [0.05, 0.1) is 33.8 Å². The van der Waals surface area contributed by atoms with Crippen molar-refractivity contribution in [3.05, 3.63) is 35.0 Å². The second-order valence-corrected chi connectivity index (χ2v) is 9.62. The summed E-state index contributed by atoms with van der Waals surface area (Å²) in [5.41, 5.74) is 0.640. The number of rotatable bonds is 8. The number of hydrogen-bond donors (Lipinski definition) is 2. The van der Waals surface area contributed by atoms with Crippen molar-refractivity contribution in [1.29, 1.82) is 0 Å². The smallest absolute Gasteiger partial charge is 0.322 e. The van der Waals surface area contributed by atoms with Crippen LogP contribution in [0, 0.1) is 12.8 Å². The first-order valence-electron chi connectivity index (χ1n) is 10.0. The van der Waals surface area contributed by atoms with Crippen LogP contribution in [0.2, 0.25) is 0 Å². The molecule has 176 valence electrons. The monoisotopic (exact) mass is 477 g/mol. The molecule has 0 bridgehead atoms. The van der Waals surface area contributed by atoms with Crippen molar-refractivity contribution in [2.45, 2.75) is 38.6 Å². The van der Waals surface area contributed by atoms with E-state index in [2.05, 4.69) is 9.71 Å². The highest BCUT2D eigenvalue weighted by molar-refractivity contribution is 7.89. The quantitative estimate of drug-likeness (QED) is 0.419. The average Bonchev–Trinajstić information content (AvgIpc) is 2.97. The van der Waals surface area contributed by atoms with Crippen LogP contribution >= 0.6 is 0 Å². The van der Waals surface area contributed by atoms with E-state index in [1.165, 1.54) is 25.1 Å². The van der Waals surface area contributed by atoms with Crippen molar-refractivity contribution in [2.75, 3.05) is 13.2 Å². The molecule has 0 aliphatic carbocycles. The van der Waals surface area contributed by atoms with Gasteiger partial charge in [-0.2, -0.15) is 4.72 Å². The fraction of sp³-hybridized carbons (Fsp3) is 0.381. The molecule has 1 atom stereocenters. The van der Waals surface area contributed by atoms with Crippen molar-refractivity contribution >= 4 is 44.7 Å². The molecule has 2 aromatic rings. The van der Waals surface area contributed by atoms with Crippen LogP contribution in [0.5, 0.6) is 0 Å². The first-order chi connectivity index (χ1) is 15.3. The van der Waals surface area contributed by atoms with Gasteiger partial charge >= 0.3 is 11.9 Å². The highest BCUT2D eigenvalue weighted by atomic mass is 32.2. The topological polar surface area (TPSA) is 160 Å². The van der Waals surface area contributed by atoms with Crippen molar-refractivity contribution in [1.82, 2.24) is 14.6 Å². The third kappa shape index (κ3) is 4.57. The average molecular weight is 477 g/mol. The zero-order chi connectivity index (χ0) is 24.7. The summed E-state index contributed by atoms with van der Waals surface area (Å²) < 4.78 is 32.7. The van der Waals surface area contributed by atoms with Crippen LogP contribution in [0.3, 0.4) is 0 Å². The lowest BCUT2D eigenvalue weighted by atomic mass is 10.0. The summed E-state index contributed by atoms with van der Waals surface area (Å²) in [6.07, 6.45) is 0. The number of ether oxygens (including phenoxy) is 1. The minimum Gasteiger partial charge on any atom is -0.480 e. The number of benzene rings is 1. The van der Waals surface area contributed by atoms with E-state index in [1.54, 1.807) is 20.8 Å². The van der Waals surface area contributed by atoms with Crippen LogP contribution in [0.25, 0.3) is 10.9 Å². The number of carboxylic acid groups (broad SMARTS) is 1. The number of esters is 1. The number of aliphatic carboxylic acids is 1. The Balaban J connectivity index is 2.07. The predicted octanol–water partition coefficient (Wildman–Crippen LogP) is 1.09. The van der Waals surface area contributed by atoms with Crippen LogP contribution in [0.1, 0.15) is 47.2 Å². The Morgan fingerprint density at radius 1 is 1.18 bits per heavy atom. The van der Waals surface area contributed by atoms with Gasteiger partial charge < -0.3 is 9.84 Å². The molecule has 2 N–H and O–H groups in total. The lowest BCUT2D eigenvalue weighted by Gasteiger charge is -2.18. The van der Waals surface area contributed by atoms with Crippen molar-refractivity contribution in [3.8, 4) is 0 Å². The zero-order valence-electron chi connectivity index (χ0n) is 18.4. The van der Waals surface area contributed by atoms with Gasteiger partial charge in [0.15, 0.2) is 0 Å². The summed E-state index contributed by atoms with van der Waals surface area (Å²) in [6, 6.07) is 2.49. The third-order valence-electron chi connectivity index (χ3n) is 5.20. The summed E-state index contributed by atoms with van der Waals surface area (Å²) in [5.74, 6) is -3.68. The van der Waals surface area contributed by atoms with E-state index in [-0.39, 0.29) is 34.6 Å². The molecule has 1 aromatic heterocycles. The maximum atomic E-state index is 13.1. The Morgan fingerprint density at radius 2 is 1.82 bits per heavy atom. The second kappa shape index (κ2) is 8.87. The number of sulfonamides is 1. The number of pyridine rings is 1. The van der Waals surface area contributed by atoms with E-state index in [4.69, 9.17) is 4.74 Å². The van der Waals surface area contributed by atoms with Crippen LogP contribution in [0.15, 0.2) is 23.1 Å². The van der Waals surface area contributed by atoms with Gasteiger partial charge in [-0.05, 0) is 31.0 Å². The molecule has 0 fully saturated rings. The SMILES string of the molecule is CC(=O)OCCN1C(=O)c2c(C)nc3ccc(S(=O)(=O)NC(C(=O)O)C(C)C)cc3c2C1=O. The largest absolute Gasteiger partial charge is 0.480 e. The number of imide groups is 1. The number of aryl methyl sites for hydroxylation is 1. The van der Waals surface area contributed by atoms with Gasteiger partial charge in [0.2, 0.25) is 10.0 Å². The number of amides is 2. The highest BCUT2D eigenvalue weighted by Gasteiger charge is 2.39. The van der Waals surface area contributed by atoms with Gasteiger partial charge in [0, 0.05) is 12.3 Å². The second-order valence-electron chi connectivity index (χ2n) is 7.91. The summed E-state index contributed by atoms with van der Waals surface area (Å²) in [7, 11) is -4.26. The van der Waals surface area contributed by atoms with E-state index in [0.717, 1.165) is 4.90 Å². The molecule has 1 aliphatic heterocycles. The Hall–Kier alpha value is -3.38. The van der Waals surface area contributed by atoms with Crippen LogP contribution in [-0.4, -0.2) is 66.4 Å². The van der Waals surface area contributed by atoms with Crippen molar-refractivity contribution in [2.24, 2.45) is 5.92 Å². The standard InChI is InChI=1S/C21H23N3O8S/c1-10(2)18(21(28)29)23-33(30,31)13-5-6-15-14(9-13)17-16(11(3)22-15)19(26)24(20(17)27)7-8-32-12(4)25/h5-6,9-10,18,23H,7-8H2,1-4H3,(H,28,29). The van der Waals surface area contributed by atoms with E-state index in [1.807, 2.05) is 0 Å². The Bertz CT molecular complexity index is 1290. The first kappa shape index (κ1) is 24.3. The number of carbonyl (C=O) groups is 4. The van der Waals surface area contributed by atoms with E-state index < -0.39 is 45.7 Å². The van der Waals surface area contributed by atoms with Crippen LogP contribution in [-0.2, 0) is 24.3 Å². The number of carbonyl (C=O) groups excluding carboxylic acids is 3. The molecule has 12 heteroatoms. The van der Waals surface area contributed by atoms with Crippen molar-refractivity contribution in [3.63, 3.8) is 0 Å². The molecule has 2 amide bonds. The van der Waals surface area contributed by atoms with E-state index in [0.29, 0.717) is 11.2 Å². The van der Waals surface area contributed by atoms with E-state index in [9.17, 15) is 32.7 Å². The molecule has 0 radical (unpaired) electrons. The molecule has 0 spiro atoms. The van der Waals surface area contributed by atoms with Gasteiger partial charge in [-0.25, -0.2) is 8.42 Å². The minimum atomic E-state index is -4.26. The zero-order valence-corrected chi connectivity index (χ0v) is 19.2. The molecular formula is C21H23N3O8S. The number of nitrogens with zero attached hydrogens (tertiary/aromatic N) is 2. The molecule has 1 aromatic carbocycles. The lowest BCUT2D eigenvalue weighted by molar-refractivity contribution is -0.141. The summed E-state index contributed by atoms with van der Waals surface area (Å²) in [4.78, 5) is 53.3. The Labute approximate surface area is 189 Å². The molecule has 1 unspecified atom stereocenters. The number of fused-ring (bicyclic) bond motifs is 3. The molecule has 1 aliphatic rings. The molecule has 0 saturated carbocycles. The van der Waals surface area contributed by atoms with Crippen LogP contribution in [0.4, 0.5) is 0 Å². The first-order valence-corrected chi connectivity index (χ1v) is 11.5. The van der Waals surface area contributed by atoms with Gasteiger partial charge in [-0.3, -0.25) is 29.1 Å². The van der Waals surface area contributed by atoms with Crippen LogP contribution < -0.4 is 4.72 Å². The maximum Gasteiger partial charge on any atom is 0.322 e. The predicted molar refractivity (Wildman–Crippen MR) is 115 cm³/mol. The normalized spacial score (nSPS) is 14.6. The maximum absolute atomic E-state index is 13.1. The fourth-order valence-electron chi connectivity index (χ4n) is 3.57. The highest BCUT2D eigenvalue weighted by Crippen LogP contribution is 2.32. The van der Waals surface area contributed by atoms with Gasteiger partial charge in [-0.15, -0.1) is 0 Å². The molecule has 3 rings (SSSR count). The minimum absolute atomic E-state index is 0.000944. The Kier molecular flexibility index (Phi) is 6.52. The number of aromatic nitrogens is 1. The van der Waals surface area contributed by atoms with Crippen molar-refractivity contribution < 1.29 is 37.4 Å². The number of nitrogens with one attached hydrogen (secondary N) is 1. The third-order valence-corrected chi connectivity index (χ3v) is 6.64. The Morgan fingerprint density at radius 3 is 2.39 bits per heavy atom. The van der Waals surface area contributed by atoms with E-state index >= 15 is 0 Å². The van der Waals surface area contributed by atoms with Gasteiger partial charge in [-0.1, -0.05) is 13.8 Å². The number of hydrogen-bond acceptors (Lipinski definition) is 8. The molecule has 2 heterocycles. The summed E-state index contributed by atoms with van der Waals surface area (Å²) in [6.45, 7) is 5.55. The molecular weight excluding hydrogens is 454 g/mol. The fourth-order valence-corrected chi connectivity index (χ4v) is 4.93. The molecule has 11 nitrogen and oxygen atoms in total. The number of carboxylic acids is 1.